The molecule has 6 nitrogen and oxygen atoms in total. The lowest BCUT2D eigenvalue weighted by Crippen LogP contribution is -2.27. The van der Waals surface area contributed by atoms with E-state index in [4.69, 9.17) is 8.92 Å². The largest absolute Gasteiger partial charge is 0.444 e. The van der Waals surface area contributed by atoms with Crippen LogP contribution in [0.25, 0.3) is 11.1 Å². The number of aryl methyl sites for hydroxylation is 1. The van der Waals surface area contributed by atoms with Gasteiger partial charge < -0.3 is 4.74 Å². The molecule has 7 heteroatoms. The number of hydrogen-bond acceptors (Lipinski definition) is 5. The molecule has 1 atom stereocenters. The van der Waals surface area contributed by atoms with Gasteiger partial charge in [0.1, 0.15) is 5.60 Å². The maximum atomic E-state index is 12.8. The standard InChI is InChI=1S/C26H27NO5S/c1-17-9-12-19(13-10-17)33(29,30)31-16-24-21-8-6-5-7-20(21)22-14-11-18(15-23(22)24)27-25(28)32-26(2,3)4/h5-15,24H,16H2,1-4H3,(H,27,28). The fourth-order valence-electron chi connectivity index (χ4n) is 3.92. The van der Waals surface area contributed by atoms with Gasteiger partial charge >= 0.3 is 6.09 Å². The first-order chi connectivity index (χ1) is 15.5. The van der Waals surface area contributed by atoms with E-state index < -0.39 is 21.8 Å². The highest BCUT2D eigenvalue weighted by Gasteiger charge is 2.31. The smallest absolute Gasteiger partial charge is 0.412 e. The van der Waals surface area contributed by atoms with Gasteiger partial charge in [-0.05, 0) is 74.2 Å². The van der Waals surface area contributed by atoms with E-state index in [9.17, 15) is 13.2 Å². The van der Waals surface area contributed by atoms with Crippen molar-refractivity contribution in [2.45, 2.75) is 44.1 Å². The minimum Gasteiger partial charge on any atom is -0.444 e. The van der Waals surface area contributed by atoms with Gasteiger partial charge in [0.05, 0.1) is 11.5 Å². The van der Waals surface area contributed by atoms with Gasteiger partial charge in [0.25, 0.3) is 10.1 Å². The Morgan fingerprint density at radius 3 is 2.30 bits per heavy atom. The van der Waals surface area contributed by atoms with Gasteiger partial charge in [-0.3, -0.25) is 9.50 Å². The van der Waals surface area contributed by atoms with Gasteiger partial charge in [-0.1, -0.05) is 48.0 Å². The number of rotatable bonds is 5. The van der Waals surface area contributed by atoms with Gasteiger partial charge in [-0.2, -0.15) is 8.42 Å². The first kappa shape index (κ1) is 23.0. The van der Waals surface area contributed by atoms with Gasteiger partial charge in [0, 0.05) is 11.6 Å². The first-order valence-corrected chi connectivity index (χ1v) is 12.1. The van der Waals surface area contributed by atoms with Crippen LogP contribution in [0.5, 0.6) is 0 Å². The van der Waals surface area contributed by atoms with Crippen molar-refractivity contribution >= 4 is 21.9 Å². The van der Waals surface area contributed by atoms with E-state index in [2.05, 4.69) is 5.32 Å². The van der Waals surface area contributed by atoms with Crippen LogP contribution in [0.15, 0.2) is 71.6 Å². The lowest BCUT2D eigenvalue weighted by atomic mass is 9.98. The summed E-state index contributed by atoms with van der Waals surface area (Å²) in [5, 5.41) is 2.76. The van der Waals surface area contributed by atoms with Crippen LogP contribution in [0.3, 0.4) is 0 Å². The molecule has 4 rings (SSSR count). The molecule has 33 heavy (non-hydrogen) atoms. The molecule has 3 aromatic rings. The molecule has 1 aliphatic carbocycles. The summed E-state index contributed by atoms with van der Waals surface area (Å²) in [5.74, 6) is -0.295. The third-order valence-corrected chi connectivity index (χ3v) is 6.69. The lowest BCUT2D eigenvalue weighted by molar-refractivity contribution is 0.0636. The van der Waals surface area contributed by atoms with E-state index in [-0.39, 0.29) is 17.4 Å². The molecule has 0 spiro atoms. The lowest BCUT2D eigenvalue weighted by Gasteiger charge is -2.20. The third kappa shape index (κ3) is 5.10. The molecular weight excluding hydrogens is 438 g/mol. The van der Waals surface area contributed by atoms with Crippen molar-refractivity contribution in [2.75, 3.05) is 11.9 Å². The number of ether oxygens (including phenoxy) is 1. The first-order valence-electron chi connectivity index (χ1n) is 10.7. The molecule has 0 aromatic heterocycles. The van der Waals surface area contributed by atoms with Crippen molar-refractivity contribution in [3.05, 3.63) is 83.4 Å². The molecule has 1 unspecified atom stereocenters. The zero-order valence-electron chi connectivity index (χ0n) is 19.1. The molecule has 0 fully saturated rings. The number of benzene rings is 3. The van der Waals surface area contributed by atoms with E-state index >= 15 is 0 Å². The Bertz CT molecular complexity index is 1290. The summed E-state index contributed by atoms with van der Waals surface area (Å²) in [7, 11) is -3.91. The summed E-state index contributed by atoms with van der Waals surface area (Å²) >= 11 is 0. The normalized spacial score (nSPS) is 15.0. The van der Waals surface area contributed by atoms with Gasteiger partial charge in [-0.15, -0.1) is 0 Å². The zero-order valence-corrected chi connectivity index (χ0v) is 19.9. The molecule has 172 valence electrons. The second kappa shape index (κ2) is 8.65. The van der Waals surface area contributed by atoms with Crippen LogP contribution in [0, 0.1) is 6.92 Å². The number of anilines is 1. The van der Waals surface area contributed by atoms with E-state index in [1.54, 1.807) is 45.0 Å². The minimum atomic E-state index is -3.91. The highest BCUT2D eigenvalue weighted by molar-refractivity contribution is 7.86. The van der Waals surface area contributed by atoms with E-state index in [1.165, 1.54) is 0 Å². The van der Waals surface area contributed by atoms with Crippen molar-refractivity contribution in [1.82, 2.24) is 0 Å². The van der Waals surface area contributed by atoms with Gasteiger partial charge in [0.2, 0.25) is 0 Å². The molecule has 0 heterocycles. The maximum absolute atomic E-state index is 12.8. The van der Waals surface area contributed by atoms with Crippen molar-refractivity contribution in [1.29, 1.82) is 0 Å². The Hall–Kier alpha value is -3.16. The number of fused-ring (bicyclic) bond motifs is 3. The fraction of sp³-hybridized carbons (Fsp3) is 0.269. The SMILES string of the molecule is Cc1ccc(S(=O)(=O)OCC2c3ccccc3-c3ccc(NC(=O)OC(C)(C)C)cc32)cc1. The summed E-state index contributed by atoms with van der Waals surface area (Å²) in [6.07, 6.45) is -0.548. The summed E-state index contributed by atoms with van der Waals surface area (Å²) in [4.78, 5) is 12.4. The monoisotopic (exact) mass is 465 g/mol. The van der Waals surface area contributed by atoms with Gasteiger partial charge in [0.15, 0.2) is 0 Å². The summed E-state index contributed by atoms with van der Waals surface area (Å²) in [5.41, 5.74) is 4.82. The highest BCUT2D eigenvalue weighted by atomic mass is 32.2. The maximum Gasteiger partial charge on any atom is 0.412 e. The van der Waals surface area contributed by atoms with Crippen LogP contribution in [-0.2, 0) is 19.0 Å². The summed E-state index contributed by atoms with van der Waals surface area (Å²) in [6, 6.07) is 20.0. The number of carbonyl (C=O) groups is 1. The topological polar surface area (TPSA) is 81.7 Å². The molecule has 3 aromatic carbocycles. The average molecular weight is 466 g/mol. The number of hydrogen-bond donors (Lipinski definition) is 1. The van der Waals surface area contributed by atoms with Crippen LogP contribution >= 0.6 is 0 Å². The predicted molar refractivity (Wildman–Crippen MR) is 128 cm³/mol. The van der Waals surface area contributed by atoms with Crippen LogP contribution in [0.4, 0.5) is 10.5 Å². The van der Waals surface area contributed by atoms with Crippen molar-refractivity contribution in [3.63, 3.8) is 0 Å². The average Bonchev–Trinajstić information content (AvgIpc) is 3.04. The molecule has 1 aliphatic rings. The van der Waals surface area contributed by atoms with Gasteiger partial charge in [-0.25, -0.2) is 4.79 Å². The zero-order chi connectivity index (χ0) is 23.8. The summed E-state index contributed by atoms with van der Waals surface area (Å²) in [6.45, 7) is 7.25. The molecule has 1 N–H and O–H groups in total. The second-order valence-corrected chi connectivity index (χ2v) is 10.7. The molecule has 0 saturated heterocycles. The fourth-order valence-corrected chi connectivity index (χ4v) is 4.84. The molecule has 1 amide bonds. The Balaban J connectivity index is 1.61. The van der Waals surface area contributed by atoms with Crippen molar-refractivity contribution < 1.29 is 22.1 Å². The highest BCUT2D eigenvalue weighted by Crippen LogP contribution is 2.46. The predicted octanol–water partition coefficient (Wildman–Crippen LogP) is 5.86. The third-order valence-electron chi connectivity index (χ3n) is 5.40. The van der Waals surface area contributed by atoms with E-state index in [0.29, 0.717) is 5.69 Å². The van der Waals surface area contributed by atoms with Crippen molar-refractivity contribution in [3.8, 4) is 11.1 Å². The Morgan fingerprint density at radius 1 is 0.939 bits per heavy atom. The number of carbonyl (C=O) groups excluding carboxylic acids is 1. The number of amides is 1. The Kier molecular flexibility index (Phi) is 6.03. The number of nitrogens with one attached hydrogen (secondary N) is 1. The molecular formula is C26H27NO5S. The van der Waals surface area contributed by atoms with Crippen LogP contribution in [-0.4, -0.2) is 26.7 Å². The molecule has 0 radical (unpaired) electrons. The van der Waals surface area contributed by atoms with E-state index in [1.807, 2.05) is 49.4 Å². The Labute approximate surface area is 194 Å². The second-order valence-electron chi connectivity index (χ2n) is 9.12. The molecule has 0 aliphatic heterocycles. The van der Waals surface area contributed by atoms with Crippen LogP contribution < -0.4 is 5.32 Å². The summed E-state index contributed by atoms with van der Waals surface area (Å²) < 4.78 is 36.4. The minimum absolute atomic E-state index is 0.0455. The molecule has 0 bridgehead atoms. The van der Waals surface area contributed by atoms with Crippen LogP contribution in [0.2, 0.25) is 0 Å². The van der Waals surface area contributed by atoms with Crippen LogP contribution in [0.1, 0.15) is 43.4 Å². The van der Waals surface area contributed by atoms with E-state index in [0.717, 1.165) is 27.8 Å². The Morgan fingerprint density at radius 2 is 1.61 bits per heavy atom. The molecule has 0 saturated carbocycles. The van der Waals surface area contributed by atoms with Crippen molar-refractivity contribution in [2.24, 2.45) is 0 Å². The quantitative estimate of drug-likeness (QED) is 0.477.